The van der Waals surface area contributed by atoms with Gasteiger partial charge in [-0.1, -0.05) is 18.2 Å². The summed E-state index contributed by atoms with van der Waals surface area (Å²) in [6.07, 6.45) is 0. The predicted octanol–water partition coefficient (Wildman–Crippen LogP) is 1.98. The second kappa shape index (κ2) is 22.6. The second-order valence-corrected chi connectivity index (χ2v) is 6.37. The largest absolute Gasteiger partial charge is 0.460 e. The van der Waals surface area contributed by atoms with Crippen LogP contribution in [0.15, 0.2) is 30.3 Å². The van der Waals surface area contributed by atoms with E-state index in [1.807, 2.05) is 13.0 Å². The van der Waals surface area contributed by atoms with Crippen molar-refractivity contribution in [2.45, 2.75) is 6.92 Å². The smallest absolute Gasteiger partial charge is 0.338 e. The summed E-state index contributed by atoms with van der Waals surface area (Å²) in [7, 11) is 0. The summed E-state index contributed by atoms with van der Waals surface area (Å²) in [5.74, 6) is -0.349. The summed E-state index contributed by atoms with van der Waals surface area (Å²) in [4.78, 5) is 11.7. The van der Waals surface area contributed by atoms with Gasteiger partial charge in [-0.15, -0.1) is 0 Å². The van der Waals surface area contributed by atoms with Crippen LogP contribution in [0.5, 0.6) is 0 Å². The molecule has 0 fully saturated rings. The van der Waals surface area contributed by atoms with Crippen LogP contribution in [0.25, 0.3) is 0 Å². The molecule has 0 aromatic heterocycles. The van der Waals surface area contributed by atoms with E-state index in [9.17, 15) is 4.79 Å². The molecule has 0 atom stereocenters. The number of ether oxygens (including phenoxy) is 8. The Labute approximate surface area is 191 Å². The molecule has 0 saturated carbocycles. The first-order valence-corrected chi connectivity index (χ1v) is 11.1. The van der Waals surface area contributed by atoms with Crippen LogP contribution in [0.4, 0.5) is 0 Å². The fourth-order valence-corrected chi connectivity index (χ4v) is 2.31. The molecule has 0 amide bonds. The van der Waals surface area contributed by atoms with Gasteiger partial charge in [-0.3, -0.25) is 0 Å². The molecular formula is C23H38O9. The average Bonchev–Trinajstić information content (AvgIpc) is 2.82. The van der Waals surface area contributed by atoms with Gasteiger partial charge in [-0.2, -0.15) is 0 Å². The Morgan fingerprint density at radius 3 is 1.25 bits per heavy atom. The third-order valence-electron chi connectivity index (χ3n) is 3.91. The maximum absolute atomic E-state index is 11.7. The van der Waals surface area contributed by atoms with Crippen LogP contribution in [0.2, 0.25) is 0 Å². The molecule has 0 aliphatic carbocycles. The Balaban J connectivity index is 1.70. The van der Waals surface area contributed by atoms with E-state index < -0.39 is 0 Å². The average molecular weight is 459 g/mol. The molecule has 0 aliphatic rings. The van der Waals surface area contributed by atoms with Crippen LogP contribution in [0.3, 0.4) is 0 Å². The Bertz CT molecular complexity index is 527. The summed E-state index contributed by atoms with van der Waals surface area (Å²) >= 11 is 0. The molecule has 0 N–H and O–H groups in total. The highest BCUT2D eigenvalue weighted by Gasteiger charge is 2.04. The van der Waals surface area contributed by atoms with E-state index in [0.717, 1.165) is 0 Å². The van der Waals surface area contributed by atoms with Crippen LogP contribution in [-0.4, -0.2) is 105 Å². The molecule has 0 unspecified atom stereocenters. The van der Waals surface area contributed by atoms with Crippen LogP contribution >= 0.6 is 0 Å². The normalized spacial score (nSPS) is 11.0. The van der Waals surface area contributed by atoms with Gasteiger partial charge in [0.1, 0.15) is 6.61 Å². The second-order valence-electron chi connectivity index (χ2n) is 6.37. The van der Waals surface area contributed by atoms with Crippen molar-refractivity contribution < 1.29 is 42.7 Å². The molecule has 9 heteroatoms. The summed E-state index contributed by atoms with van der Waals surface area (Å²) in [5.41, 5.74) is 0.532. The van der Waals surface area contributed by atoms with E-state index in [0.29, 0.717) is 98.1 Å². The fourth-order valence-electron chi connectivity index (χ4n) is 2.31. The molecule has 1 rings (SSSR count). The van der Waals surface area contributed by atoms with Gasteiger partial charge >= 0.3 is 5.97 Å². The number of carbonyl (C=O) groups is 1. The van der Waals surface area contributed by atoms with Crippen molar-refractivity contribution >= 4 is 5.97 Å². The predicted molar refractivity (Wildman–Crippen MR) is 118 cm³/mol. The van der Waals surface area contributed by atoms with Crippen molar-refractivity contribution in [2.24, 2.45) is 0 Å². The fraction of sp³-hybridized carbons (Fsp3) is 0.696. The Kier molecular flexibility index (Phi) is 20.1. The standard InChI is InChI=1S/C23H38O9/c1-2-25-8-9-26-10-11-27-12-13-28-14-15-29-16-17-30-18-19-31-20-21-32-23(24)22-6-4-3-5-7-22/h3-7H,2,8-21H2,1H3. The summed E-state index contributed by atoms with van der Waals surface area (Å²) < 4.78 is 42.6. The zero-order valence-corrected chi connectivity index (χ0v) is 19.2. The summed E-state index contributed by atoms with van der Waals surface area (Å²) in [6.45, 7) is 9.47. The van der Waals surface area contributed by atoms with E-state index in [1.165, 1.54) is 0 Å². The van der Waals surface area contributed by atoms with E-state index in [-0.39, 0.29) is 12.6 Å². The molecule has 184 valence electrons. The molecule has 1 aromatic carbocycles. The van der Waals surface area contributed by atoms with Gasteiger partial charge in [-0.25, -0.2) is 4.79 Å². The van der Waals surface area contributed by atoms with E-state index in [4.69, 9.17) is 37.9 Å². The first-order chi connectivity index (χ1) is 15.8. The van der Waals surface area contributed by atoms with Crippen LogP contribution in [-0.2, 0) is 37.9 Å². The number of benzene rings is 1. The lowest BCUT2D eigenvalue weighted by molar-refractivity contribution is -0.0219. The number of carbonyl (C=O) groups excluding carboxylic acids is 1. The van der Waals surface area contributed by atoms with Crippen molar-refractivity contribution in [1.82, 2.24) is 0 Å². The molecule has 0 aliphatic heterocycles. The van der Waals surface area contributed by atoms with Crippen molar-refractivity contribution in [2.75, 3.05) is 99.1 Å². The van der Waals surface area contributed by atoms with Gasteiger partial charge in [0, 0.05) is 6.61 Å². The van der Waals surface area contributed by atoms with Gasteiger partial charge in [-0.05, 0) is 19.1 Å². The lowest BCUT2D eigenvalue weighted by Gasteiger charge is -2.08. The van der Waals surface area contributed by atoms with Gasteiger partial charge < -0.3 is 37.9 Å². The maximum atomic E-state index is 11.7. The van der Waals surface area contributed by atoms with E-state index in [2.05, 4.69) is 0 Å². The first kappa shape index (κ1) is 28.4. The minimum absolute atomic E-state index is 0.212. The molecule has 0 heterocycles. The van der Waals surface area contributed by atoms with Gasteiger partial charge in [0.15, 0.2) is 0 Å². The minimum atomic E-state index is -0.349. The highest BCUT2D eigenvalue weighted by molar-refractivity contribution is 5.89. The molecule has 0 radical (unpaired) electrons. The highest BCUT2D eigenvalue weighted by atomic mass is 16.6. The number of hydrogen-bond acceptors (Lipinski definition) is 9. The quantitative estimate of drug-likeness (QED) is 0.180. The number of esters is 1. The third kappa shape index (κ3) is 18.0. The Morgan fingerprint density at radius 1 is 0.531 bits per heavy atom. The Hall–Kier alpha value is -1.59. The topological polar surface area (TPSA) is 90.9 Å². The third-order valence-corrected chi connectivity index (χ3v) is 3.91. The van der Waals surface area contributed by atoms with Crippen molar-refractivity contribution in [1.29, 1.82) is 0 Å². The molecule has 1 aromatic rings. The van der Waals surface area contributed by atoms with Crippen molar-refractivity contribution in [3.8, 4) is 0 Å². The molecule has 9 nitrogen and oxygen atoms in total. The minimum Gasteiger partial charge on any atom is -0.460 e. The molecule has 0 spiro atoms. The van der Waals surface area contributed by atoms with Crippen LogP contribution in [0, 0.1) is 0 Å². The number of rotatable bonds is 23. The van der Waals surface area contributed by atoms with Gasteiger partial charge in [0.25, 0.3) is 0 Å². The Morgan fingerprint density at radius 2 is 0.875 bits per heavy atom. The molecule has 0 bridgehead atoms. The van der Waals surface area contributed by atoms with Gasteiger partial charge in [0.2, 0.25) is 0 Å². The zero-order valence-electron chi connectivity index (χ0n) is 19.2. The molecule has 0 saturated heterocycles. The lowest BCUT2D eigenvalue weighted by Crippen LogP contribution is -2.15. The van der Waals surface area contributed by atoms with E-state index >= 15 is 0 Å². The van der Waals surface area contributed by atoms with E-state index in [1.54, 1.807) is 24.3 Å². The van der Waals surface area contributed by atoms with Gasteiger partial charge in [0.05, 0.1) is 91.5 Å². The van der Waals surface area contributed by atoms with Crippen LogP contribution in [0.1, 0.15) is 17.3 Å². The maximum Gasteiger partial charge on any atom is 0.338 e. The monoisotopic (exact) mass is 458 g/mol. The molecular weight excluding hydrogens is 420 g/mol. The summed E-state index contributed by atoms with van der Waals surface area (Å²) in [6, 6.07) is 8.86. The zero-order chi connectivity index (χ0) is 23.0. The van der Waals surface area contributed by atoms with Crippen molar-refractivity contribution in [3.05, 3.63) is 35.9 Å². The van der Waals surface area contributed by atoms with Crippen molar-refractivity contribution in [3.63, 3.8) is 0 Å². The summed E-state index contributed by atoms with van der Waals surface area (Å²) in [5, 5.41) is 0. The number of hydrogen-bond donors (Lipinski definition) is 0. The SMILES string of the molecule is CCOCCOCCOCCOCCOCCOCCOCCOC(=O)c1ccccc1. The lowest BCUT2D eigenvalue weighted by atomic mass is 10.2. The highest BCUT2D eigenvalue weighted by Crippen LogP contribution is 2.00. The van der Waals surface area contributed by atoms with Crippen LogP contribution < -0.4 is 0 Å². The first-order valence-electron chi connectivity index (χ1n) is 11.1. The molecule has 32 heavy (non-hydrogen) atoms.